The molecule has 2 aromatic carbocycles. The highest BCUT2D eigenvalue weighted by Crippen LogP contribution is 2.39. The number of rotatable bonds is 7. The van der Waals surface area contributed by atoms with Gasteiger partial charge in [0.05, 0.1) is 25.8 Å². The predicted octanol–water partition coefficient (Wildman–Crippen LogP) is 3.99. The van der Waals surface area contributed by atoms with Crippen LogP contribution in [0.4, 0.5) is 11.5 Å². The number of fused-ring (bicyclic) bond motifs is 1. The molecule has 1 aliphatic heterocycles. The lowest BCUT2D eigenvalue weighted by Crippen LogP contribution is -2.24. The first-order valence-electron chi connectivity index (χ1n) is 9.61. The minimum absolute atomic E-state index is 0.0367. The van der Waals surface area contributed by atoms with Gasteiger partial charge in [0.1, 0.15) is 17.6 Å². The van der Waals surface area contributed by atoms with E-state index >= 15 is 0 Å². The zero-order chi connectivity index (χ0) is 22.0. The van der Waals surface area contributed by atoms with Gasteiger partial charge in [0.25, 0.3) is 5.91 Å². The molecule has 1 atom stereocenters. The molecule has 2 heterocycles. The van der Waals surface area contributed by atoms with Crippen molar-refractivity contribution in [2.45, 2.75) is 19.1 Å². The molecule has 0 radical (unpaired) electrons. The first-order valence-corrected chi connectivity index (χ1v) is 10.4. The van der Waals surface area contributed by atoms with E-state index in [1.54, 1.807) is 31.0 Å². The van der Waals surface area contributed by atoms with Crippen molar-refractivity contribution < 1.29 is 19.1 Å². The van der Waals surface area contributed by atoms with Crippen molar-refractivity contribution in [2.75, 3.05) is 24.9 Å². The summed E-state index contributed by atoms with van der Waals surface area (Å²) in [5.41, 5.74) is 2.98. The van der Waals surface area contributed by atoms with Gasteiger partial charge < -0.3 is 20.1 Å². The maximum Gasteiger partial charge on any atom is 0.251 e. The number of nitrogens with one attached hydrogen (secondary N) is 2. The summed E-state index contributed by atoms with van der Waals surface area (Å²) in [6.07, 6.45) is -0.0367. The Labute approximate surface area is 187 Å². The molecular formula is C22H21BrN4O4. The van der Waals surface area contributed by atoms with E-state index in [1.807, 2.05) is 36.4 Å². The van der Waals surface area contributed by atoms with Crippen molar-refractivity contribution in [3.63, 3.8) is 0 Å². The molecule has 4 rings (SSSR count). The quantitative estimate of drug-likeness (QED) is 0.528. The number of benzene rings is 2. The Morgan fingerprint density at radius 2 is 1.87 bits per heavy atom. The topological polar surface area (TPSA) is 94.5 Å². The minimum atomic E-state index is -0.743. The van der Waals surface area contributed by atoms with Crippen molar-refractivity contribution in [3.05, 3.63) is 58.7 Å². The number of carbonyl (C=O) groups excluding carboxylic acids is 2. The van der Waals surface area contributed by atoms with Crippen LogP contribution in [0.15, 0.2) is 53.0 Å². The maximum atomic E-state index is 12.7. The van der Waals surface area contributed by atoms with Gasteiger partial charge in [0.2, 0.25) is 5.91 Å². The smallest absolute Gasteiger partial charge is 0.251 e. The second-order valence-corrected chi connectivity index (χ2v) is 7.96. The Bertz CT molecular complexity index is 1110. The molecule has 0 aliphatic carbocycles. The molecule has 8 nitrogen and oxygen atoms in total. The van der Waals surface area contributed by atoms with Crippen molar-refractivity contribution in [2.24, 2.45) is 0 Å². The van der Waals surface area contributed by atoms with Gasteiger partial charge in [0, 0.05) is 22.8 Å². The summed E-state index contributed by atoms with van der Waals surface area (Å²) < 4.78 is 13.0. The monoisotopic (exact) mass is 484 g/mol. The second kappa shape index (κ2) is 8.91. The summed E-state index contributed by atoms with van der Waals surface area (Å²) in [5.74, 6) is 0.744. The summed E-state index contributed by atoms with van der Waals surface area (Å²) in [7, 11) is 3.19. The molecule has 1 unspecified atom stereocenters. The molecule has 160 valence electrons. The summed E-state index contributed by atoms with van der Waals surface area (Å²) in [4.78, 5) is 25.3. The number of hydrogen-bond donors (Lipinski definition) is 2. The summed E-state index contributed by atoms with van der Waals surface area (Å²) in [6, 6.07) is 14.0. The number of hydrogen-bond acceptors (Lipinski definition) is 5. The van der Waals surface area contributed by atoms with Gasteiger partial charge in [-0.15, -0.1) is 0 Å². The molecule has 1 aromatic heterocycles. The molecule has 9 heteroatoms. The van der Waals surface area contributed by atoms with Crippen LogP contribution in [-0.2, 0) is 20.9 Å². The number of methoxy groups -OCH3 is 2. The fraction of sp³-hybridized carbons (Fsp3) is 0.227. The van der Waals surface area contributed by atoms with Crippen LogP contribution in [0.3, 0.4) is 0 Å². The molecule has 0 spiro atoms. The van der Waals surface area contributed by atoms with Gasteiger partial charge in [-0.1, -0.05) is 28.1 Å². The number of amides is 2. The highest BCUT2D eigenvalue weighted by Gasteiger charge is 2.37. The van der Waals surface area contributed by atoms with Crippen LogP contribution in [-0.4, -0.2) is 35.8 Å². The van der Waals surface area contributed by atoms with Crippen LogP contribution >= 0.6 is 15.9 Å². The number of halogens is 1. The Morgan fingerprint density at radius 3 is 2.52 bits per heavy atom. The largest absolute Gasteiger partial charge is 0.497 e. The van der Waals surface area contributed by atoms with Gasteiger partial charge in [0.15, 0.2) is 0 Å². The van der Waals surface area contributed by atoms with Gasteiger partial charge in [-0.25, -0.2) is 4.68 Å². The first-order chi connectivity index (χ1) is 15.0. The summed E-state index contributed by atoms with van der Waals surface area (Å²) >= 11 is 3.36. The molecule has 2 amide bonds. The fourth-order valence-electron chi connectivity index (χ4n) is 3.54. The second-order valence-electron chi connectivity index (χ2n) is 7.04. The van der Waals surface area contributed by atoms with E-state index in [4.69, 9.17) is 9.47 Å². The normalized spacial score (nSPS) is 14.8. The SMILES string of the molecule is COCc1nn2c(c1-c1ccc(OC)cc1)NC(=O)C2CC(=O)Nc1ccc(Br)cc1. The number of ether oxygens (including phenoxy) is 2. The number of anilines is 2. The van der Waals surface area contributed by atoms with E-state index in [1.165, 1.54) is 0 Å². The Morgan fingerprint density at radius 1 is 1.16 bits per heavy atom. The Balaban J connectivity index is 1.61. The molecule has 0 fully saturated rings. The lowest BCUT2D eigenvalue weighted by atomic mass is 10.1. The highest BCUT2D eigenvalue weighted by atomic mass is 79.9. The lowest BCUT2D eigenvalue weighted by Gasteiger charge is -2.10. The Kier molecular flexibility index (Phi) is 6.06. The van der Waals surface area contributed by atoms with Gasteiger partial charge >= 0.3 is 0 Å². The fourth-order valence-corrected chi connectivity index (χ4v) is 3.80. The van der Waals surface area contributed by atoms with Crippen LogP contribution < -0.4 is 15.4 Å². The third-order valence-electron chi connectivity index (χ3n) is 4.99. The molecule has 31 heavy (non-hydrogen) atoms. The molecule has 1 aliphatic rings. The minimum Gasteiger partial charge on any atom is -0.497 e. The first kappa shape index (κ1) is 21.1. The van der Waals surface area contributed by atoms with Gasteiger partial charge in [-0.2, -0.15) is 5.10 Å². The zero-order valence-electron chi connectivity index (χ0n) is 17.0. The van der Waals surface area contributed by atoms with Crippen LogP contribution in [0.2, 0.25) is 0 Å². The van der Waals surface area contributed by atoms with E-state index in [0.717, 1.165) is 21.3 Å². The molecule has 2 N–H and O–H groups in total. The zero-order valence-corrected chi connectivity index (χ0v) is 18.6. The van der Waals surface area contributed by atoms with E-state index in [9.17, 15) is 9.59 Å². The third-order valence-corrected chi connectivity index (χ3v) is 5.52. The molecule has 0 saturated carbocycles. The van der Waals surface area contributed by atoms with E-state index in [-0.39, 0.29) is 24.8 Å². The summed E-state index contributed by atoms with van der Waals surface area (Å²) in [5, 5.41) is 10.3. The molecular weight excluding hydrogens is 464 g/mol. The van der Waals surface area contributed by atoms with E-state index in [0.29, 0.717) is 17.2 Å². The maximum absolute atomic E-state index is 12.7. The number of carbonyl (C=O) groups is 2. The average Bonchev–Trinajstić information content (AvgIpc) is 3.25. The predicted molar refractivity (Wildman–Crippen MR) is 120 cm³/mol. The van der Waals surface area contributed by atoms with Crippen LogP contribution in [0.25, 0.3) is 11.1 Å². The lowest BCUT2D eigenvalue weighted by molar-refractivity contribution is -0.123. The van der Waals surface area contributed by atoms with Crippen LogP contribution in [0.5, 0.6) is 5.75 Å². The third kappa shape index (κ3) is 4.33. The van der Waals surface area contributed by atoms with Crippen LogP contribution in [0, 0.1) is 0 Å². The van der Waals surface area contributed by atoms with Crippen LogP contribution in [0.1, 0.15) is 18.2 Å². The highest BCUT2D eigenvalue weighted by molar-refractivity contribution is 9.10. The van der Waals surface area contributed by atoms with E-state index in [2.05, 4.69) is 31.7 Å². The Hall–Kier alpha value is -3.17. The standard InChI is InChI=1S/C22H21BrN4O4/c1-30-12-17-20(13-3-9-16(31-2)10-4-13)21-25-22(29)18(27(21)26-17)11-19(28)24-15-7-5-14(23)6-8-15/h3-10,18H,11-12H2,1-2H3,(H,24,28)(H,25,29). The number of aromatic nitrogens is 2. The molecule has 0 bridgehead atoms. The number of nitrogens with zero attached hydrogens (tertiary/aromatic N) is 2. The molecule has 3 aromatic rings. The van der Waals surface area contributed by atoms with E-state index < -0.39 is 6.04 Å². The summed E-state index contributed by atoms with van der Waals surface area (Å²) in [6.45, 7) is 0.273. The van der Waals surface area contributed by atoms with Crippen molar-refractivity contribution in [3.8, 4) is 16.9 Å². The van der Waals surface area contributed by atoms with Crippen molar-refractivity contribution >= 4 is 39.2 Å². The van der Waals surface area contributed by atoms with Crippen molar-refractivity contribution in [1.82, 2.24) is 9.78 Å². The van der Waals surface area contributed by atoms with Crippen molar-refractivity contribution in [1.29, 1.82) is 0 Å². The van der Waals surface area contributed by atoms with Gasteiger partial charge in [-0.05, 0) is 42.0 Å². The van der Waals surface area contributed by atoms with Gasteiger partial charge in [-0.3, -0.25) is 9.59 Å². The molecule has 0 saturated heterocycles. The average molecular weight is 485 g/mol.